The van der Waals surface area contributed by atoms with Crippen LogP contribution in [0, 0.1) is 5.92 Å². The number of nitrogens with zero attached hydrogens (tertiary/aromatic N) is 2. The molecule has 1 unspecified atom stereocenters. The first-order valence-electron chi connectivity index (χ1n) is 5.37. The molecule has 1 aliphatic rings. The Labute approximate surface area is 89.2 Å². The van der Waals surface area contributed by atoms with E-state index in [9.17, 15) is 4.79 Å². The maximum atomic E-state index is 10.7. The second-order valence-corrected chi connectivity index (χ2v) is 4.30. The number of likely N-dealkylation sites (tertiary alicyclic amines) is 1. The summed E-state index contributed by atoms with van der Waals surface area (Å²) in [6.45, 7) is 2.26. The van der Waals surface area contributed by atoms with Crippen LogP contribution in [0.3, 0.4) is 0 Å². The van der Waals surface area contributed by atoms with Gasteiger partial charge in [-0.05, 0) is 32.4 Å². The lowest BCUT2D eigenvalue weighted by Crippen LogP contribution is -2.33. The molecule has 2 rings (SSSR count). The van der Waals surface area contributed by atoms with E-state index in [0.717, 1.165) is 25.0 Å². The molecule has 1 aliphatic heterocycles. The van der Waals surface area contributed by atoms with Gasteiger partial charge in [-0.2, -0.15) is 0 Å². The van der Waals surface area contributed by atoms with Crippen molar-refractivity contribution in [1.29, 1.82) is 0 Å². The highest BCUT2D eigenvalue weighted by Crippen LogP contribution is 2.21. The van der Waals surface area contributed by atoms with E-state index in [1.54, 1.807) is 0 Å². The van der Waals surface area contributed by atoms with Crippen molar-refractivity contribution in [3.63, 3.8) is 0 Å². The van der Waals surface area contributed by atoms with Gasteiger partial charge in [-0.15, -0.1) is 0 Å². The Hall–Kier alpha value is -1.16. The highest BCUT2D eigenvalue weighted by atomic mass is 16.5. The lowest BCUT2D eigenvalue weighted by molar-refractivity contribution is 0.112. The van der Waals surface area contributed by atoms with Crippen LogP contribution in [0.15, 0.2) is 10.7 Å². The molecule has 0 spiro atoms. The van der Waals surface area contributed by atoms with E-state index in [-0.39, 0.29) is 0 Å². The maximum absolute atomic E-state index is 10.7. The van der Waals surface area contributed by atoms with Crippen molar-refractivity contribution in [1.82, 2.24) is 10.1 Å². The van der Waals surface area contributed by atoms with Crippen LogP contribution in [0.5, 0.6) is 0 Å². The Morgan fingerprint density at radius 1 is 1.73 bits per heavy atom. The lowest BCUT2D eigenvalue weighted by Gasteiger charge is -2.28. The molecule has 0 saturated carbocycles. The van der Waals surface area contributed by atoms with Gasteiger partial charge in [-0.1, -0.05) is 5.16 Å². The zero-order chi connectivity index (χ0) is 10.7. The fourth-order valence-corrected chi connectivity index (χ4v) is 2.22. The summed E-state index contributed by atoms with van der Waals surface area (Å²) < 4.78 is 5.09. The van der Waals surface area contributed by atoms with Crippen LogP contribution in [-0.2, 0) is 6.42 Å². The Balaban J connectivity index is 1.98. The van der Waals surface area contributed by atoms with E-state index in [4.69, 9.17) is 4.52 Å². The van der Waals surface area contributed by atoms with Gasteiger partial charge in [0, 0.05) is 13.0 Å². The van der Waals surface area contributed by atoms with E-state index < -0.39 is 0 Å². The van der Waals surface area contributed by atoms with Crippen molar-refractivity contribution in [2.75, 3.05) is 20.1 Å². The maximum Gasteiger partial charge on any atom is 0.155 e. The minimum absolute atomic E-state index is 0.593. The summed E-state index contributed by atoms with van der Waals surface area (Å²) in [5.74, 6) is 1.33. The largest absolute Gasteiger partial charge is 0.361 e. The molecule has 1 atom stereocenters. The second kappa shape index (κ2) is 4.57. The SMILES string of the molecule is CN1CCCC(Cc2oncc2C=O)C1. The molecule has 0 aromatic carbocycles. The summed E-state index contributed by atoms with van der Waals surface area (Å²) in [6, 6.07) is 0. The first-order valence-corrected chi connectivity index (χ1v) is 5.37. The third-order valence-corrected chi connectivity index (χ3v) is 3.00. The summed E-state index contributed by atoms with van der Waals surface area (Å²) in [7, 11) is 2.13. The Bertz CT molecular complexity index is 335. The molecule has 1 saturated heterocycles. The zero-order valence-electron chi connectivity index (χ0n) is 8.98. The van der Waals surface area contributed by atoms with Crippen LogP contribution >= 0.6 is 0 Å². The monoisotopic (exact) mass is 208 g/mol. The van der Waals surface area contributed by atoms with Gasteiger partial charge in [-0.3, -0.25) is 4.79 Å². The number of piperidine rings is 1. The fourth-order valence-electron chi connectivity index (χ4n) is 2.22. The van der Waals surface area contributed by atoms with Gasteiger partial charge in [0.15, 0.2) is 6.29 Å². The average Bonchev–Trinajstić information content (AvgIpc) is 2.65. The van der Waals surface area contributed by atoms with Gasteiger partial charge in [0.05, 0.1) is 11.8 Å². The molecular weight excluding hydrogens is 192 g/mol. The smallest absolute Gasteiger partial charge is 0.155 e. The summed E-state index contributed by atoms with van der Waals surface area (Å²) >= 11 is 0. The Morgan fingerprint density at radius 2 is 2.60 bits per heavy atom. The quantitative estimate of drug-likeness (QED) is 0.704. The van der Waals surface area contributed by atoms with Crippen molar-refractivity contribution >= 4 is 6.29 Å². The summed E-state index contributed by atoms with van der Waals surface area (Å²) in [6.07, 6.45) is 5.58. The van der Waals surface area contributed by atoms with Crippen LogP contribution in [-0.4, -0.2) is 36.5 Å². The topological polar surface area (TPSA) is 46.3 Å². The number of hydrogen-bond acceptors (Lipinski definition) is 4. The van der Waals surface area contributed by atoms with E-state index in [2.05, 4.69) is 17.1 Å². The van der Waals surface area contributed by atoms with Gasteiger partial charge in [0.2, 0.25) is 0 Å². The summed E-state index contributed by atoms with van der Waals surface area (Å²) in [4.78, 5) is 13.0. The molecule has 82 valence electrons. The number of hydrogen-bond donors (Lipinski definition) is 0. The minimum Gasteiger partial charge on any atom is -0.361 e. The Kier molecular flexibility index (Phi) is 3.16. The predicted molar refractivity (Wildman–Crippen MR) is 55.8 cm³/mol. The van der Waals surface area contributed by atoms with Crippen molar-refractivity contribution in [2.24, 2.45) is 5.92 Å². The average molecular weight is 208 g/mol. The molecule has 4 heteroatoms. The molecule has 0 amide bonds. The van der Waals surface area contributed by atoms with Crippen molar-refractivity contribution in [2.45, 2.75) is 19.3 Å². The molecule has 2 heterocycles. The summed E-state index contributed by atoms with van der Waals surface area (Å²) in [5.41, 5.74) is 0.600. The molecule has 0 aliphatic carbocycles. The normalized spacial score (nSPS) is 22.9. The summed E-state index contributed by atoms with van der Waals surface area (Å²) in [5, 5.41) is 3.66. The number of aromatic nitrogens is 1. The van der Waals surface area contributed by atoms with Crippen LogP contribution in [0.4, 0.5) is 0 Å². The molecule has 1 aromatic heterocycles. The molecule has 0 N–H and O–H groups in total. The minimum atomic E-state index is 0.593. The van der Waals surface area contributed by atoms with Crippen LogP contribution in [0.2, 0.25) is 0 Å². The highest BCUT2D eigenvalue weighted by Gasteiger charge is 2.20. The van der Waals surface area contributed by atoms with Gasteiger partial charge in [-0.25, -0.2) is 0 Å². The molecule has 0 radical (unpaired) electrons. The van der Waals surface area contributed by atoms with E-state index in [1.807, 2.05) is 0 Å². The van der Waals surface area contributed by atoms with Gasteiger partial charge >= 0.3 is 0 Å². The van der Waals surface area contributed by atoms with E-state index in [0.29, 0.717) is 11.5 Å². The molecule has 4 nitrogen and oxygen atoms in total. The fraction of sp³-hybridized carbons (Fsp3) is 0.636. The van der Waals surface area contributed by atoms with Crippen LogP contribution in [0.1, 0.15) is 29.0 Å². The number of aldehydes is 1. The van der Waals surface area contributed by atoms with Gasteiger partial charge in [0.25, 0.3) is 0 Å². The van der Waals surface area contributed by atoms with Crippen molar-refractivity contribution < 1.29 is 9.32 Å². The lowest BCUT2D eigenvalue weighted by atomic mass is 9.93. The first-order chi connectivity index (χ1) is 7.29. The predicted octanol–water partition coefficient (Wildman–Crippen LogP) is 1.37. The van der Waals surface area contributed by atoms with E-state index in [1.165, 1.54) is 25.6 Å². The second-order valence-electron chi connectivity index (χ2n) is 4.30. The van der Waals surface area contributed by atoms with Crippen molar-refractivity contribution in [3.8, 4) is 0 Å². The third-order valence-electron chi connectivity index (χ3n) is 3.00. The number of rotatable bonds is 3. The van der Waals surface area contributed by atoms with Gasteiger partial charge in [0.1, 0.15) is 5.76 Å². The Morgan fingerprint density at radius 3 is 3.33 bits per heavy atom. The molecule has 1 fully saturated rings. The van der Waals surface area contributed by atoms with E-state index >= 15 is 0 Å². The highest BCUT2D eigenvalue weighted by molar-refractivity contribution is 5.75. The van der Waals surface area contributed by atoms with Gasteiger partial charge < -0.3 is 9.42 Å². The van der Waals surface area contributed by atoms with Crippen LogP contribution in [0.25, 0.3) is 0 Å². The number of carbonyl (C=O) groups is 1. The first kappa shape index (κ1) is 10.4. The standard InChI is InChI=1S/C11H16N2O2/c1-13-4-2-3-9(7-13)5-11-10(8-14)6-12-15-11/h6,8-9H,2-5,7H2,1H3. The van der Waals surface area contributed by atoms with Crippen LogP contribution < -0.4 is 0 Å². The molecule has 15 heavy (non-hydrogen) atoms. The zero-order valence-corrected chi connectivity index (χ0v) is 8.98. The number of carbonyl (C=O) groups excluding carboxylic acids is 1. The molecule has 0 bridgehead atoms. The molecule has 1 aromatic rings. The van der Waals surface area contributed by atoms with Crippen molar-refractivity contribution in [3.05, 3.63) is 17.5 Å². The molecular formula is C11H16N2O2. The third kappa shape index (κ3) is 2.45.